The van der Waals surface area contributed by atoms with Crippen molar-refractivity contribution < 1.29 is 18.3 Å². The van der Waals surface area contributed by atoms with Crippen LogP contribution in [-0.4, -0.2) is 32.6 Å². The molecule has 0 bridgehead atoms. The van der Waals surface area contributed by atoms with Crippen molar-refractivity contribution in [3.63, 3.8) is 0 Å². The summed E-state index contributed by atoms with van der Waals surface area (Å²) in [6.45, 7) is 2.18. The summed E-state index contributed by atoms with van der Waals surface area (Å²) in [6, 6.07) is 12.8. The molecular formula is C17H20N2O4S. The minimum absolute atomic E-state index is 0.0128. The van der Waals surface area contributed by atoms with Gasteiger partial charge in [-0.05, 0) is 49.2 Å². The summed E-state index contributed by atoms with van der Waals surface area (Å²) in [5, 5.41) is 11.3. The molecule has 0 aliphatic heterocycles. The highest BCUT2D eigenvalue weighted by Crippen LogP contribution is 2.18. The van der Waals surface area contributed by atoms with Gasteiger partial charge in [0.1, 0.15) is 0 Å². The van der Waals surface area contributed by atoms with Gasteiger partial charge in [0.15, 0.2) is 0 Å². The average Bonchev–Trinajstić information content (AvgIpc) is 2.55. The molecule has 0 aromatic heterocycles. The van der Waals surface area contributed by atoms with Crippen LogP contribution in [0, 0.1) is 6.92 Å². The number of anilines is 1. The van der Waals surface area contributed by atoms with E-state index in [2.05, 4.69) is 10.0 Å². The van der Waals surface area contributed by atoms with Gasteiger partial charge in [-0.15, -0.1) is 0 Å². The summed E-state index contributed by atoms with van der Waals surface area (Å²) in [6.07, 6.45) is 0.443. The molecule has 0 atom stereocenters. The second-order valence-corrected chi connectivity index (χ2v) is 7.02. The molecule has 0 heterocycles. The fraction of sp³-hybridized carbons (Fsp3) is 0.235. The van der Waals surface area contributed by atoms with E-state index in [1.54, 1.807) is 24.3 Å². The number of aliphatic hydroxyl groups is 1. The summed E-state index contributed by atoms with van der Waals surface area (Å²) in [5.41, 5.74) is 1.65. The van der Waals surface area contributed by atoms with Gasteiger partial charge in [0.25, 0.3) is 15.9 Å². The summed E-state index contributed by atoms with van der Waals surface area (Å²) < 4.78 is 27.4. The second-order valence-electron chi connectivity index (χ2n) is 5.34. The summed E-state index contributed by atoms with van der Waals surface area (Å²) in [4.78, 5) is 12.0. The number of hydrogen-bond acceptors (Lipinski definition) is 4. The zero-order valence-electron chi connectivity index (χ0n) is 13.3. The van der Waals surface area contributed by atoms with Crippen LogP contribution in [-0.2, 0) is 10.0 Å². The van der Waals surface area contributed by atoms with Gasteiger partial charge in [0.2, 0.25) is 0 Å². The summed E-state index contributed by atoms with van der Waals surface area (Å²) in [7, 11) is -3.78. The third-order valence-corrected chi connectivity index (χ3v) is 4.68. The van der Waals surface area contributed by atoms with E-state index in [1.807, 2.05) is 13.0 Å². The molecule has 3 N–H and O–H groups in total. The van der Waals surface area contributed by atoms with Crippen molar-refractivity contribution in [3.8, 4) is 0 Å². The van der Waals surface area contributed by atoms with Crippen LogP contribution in [0.4, 0.5) is 5.69 Å². The molecule has 128 valence electrons. The van der Waals surface area contributed by atoms with E-state index in [9.17, 15) is 13.2 Å². The van der Waals surface area contributed by atoms with Gasteiger partial charge < -0.3 is 10.4 Å². The zero-order chi connectivity index (χ0) is 17.6. The first-order chi connectivity index (χ1) is 11.4. The predicted octanol–water partition coefficient (Wildman–Crippen LogP) is 1.91. The van der Waals surface area contributed by atoms with Crippen LogP contribution in [0.2, 0.25) is 0 Å². The van der Waals surface area contributed by atoms with Crippen LogP contribution in [0.1, 0.15) is 22.3 Å². The number of amides is 1. The number of carbonyl (C=O) groups is 1. The molecule has 2 aromatic carbocycles. The van der Waals surface area contributed by atoms with E-state index in [1.165, 1.54) is 18.2 Å². The molecule has 0 saturated heterocycles. The van der Waals surface area contributed by atoms with Gasteiger partial charge in [-0.1, -0.05) is 18.2 Å². The van der Waals surface area contributed by atoms with Crippen molar-refractivity contribution in [2.75, 3.05) is 17.9 Å². The maximum Gasteiger partial charge on any atom is 0.261 e. The molecule has 2 rings (SSSR count). The van der Waals surface area contributed by atoms with E-state index in [0.717, 1.165) is 5.56 Å². The maximum absolute atomic E-state index is 12.5. The molecule has 0 radical (unpaired) electrons. The molecule has 7 heteroatoms. The lowest BCUT2D eigenvalue weighted by Crippen LogP contribution is -2.25. The van der Waals surface area contributed by atoms with E-state index >= 15 is 0 Å². The van der Waals surface area contributed by atoms with E-state index in [-0.39, 0.29) is 23.0 Å². The number of aliphatic hydroxyl groups excluding tert-OH is 1. The third kappa shape index (κ3) is 4.81. The molecule has 0 unspecified atom stereocenters. The first-order valence-electron chi connectivity index (χ1n) is 7.51. The first kappa shape index (κ1) is 18.0. The van der Waals surface area contributed by atoms with Gasteiger partial charge in [0, 0.05) is 24.4 Å². The molecular weight excluding hydrogens is 328 g/mol. The molecule has 2 aromatic rings. The molecule has 6 nitrogen and oxygen atoms in total. The highest BCUT2D eigenvalue weighted by molar-refractivity contribution is 7.92. The number of rotatable bonds is 7. The normalized spacial score (nSPS) is 11.1. The van der Waals surface area contributed by atoms with Crippen molar-refractivity contribution >= 4 is 21.6 Å². The van der Waals surface area contributed by atoms with Crippen molar-refractivity contribution in [1.29, 1.82) is 0 Å². The molecule has 0 fully saturated rings. The molecule has 24 heavy (non-hydrogen) atoms. The van der Waals surface area contributed by atoms with Gasteiger partial charge in [-0.25, -0.2) is 8.42 Å². The standard InChI is InChI=1S/C17H20N2O4S/c1-13-5-2-7-15(11-13)19-24(22,23)16-8-3-6-14(12-16)17(21)18-9-4-10-20/h2-3,5-8,11-12,19-20H,4,9-10H2,1H3,(H,18,21). The SMILES string of the molecule is Cc1cccc(NS(=O)(=O)c2cccc(C(=O)NCCCO)c2)c1. The molecule has 0 aliphatic rings. The second kappa shape index (κ2) is 7.94. The lowest BCUT2D eigenvalue weighted by molar-refractivity contribution is 0.0951. The Balaban J connectivity index is 2.18. The lowest BCUT2D eigenvalue weighted by atomic mass is 10.2. The van der Waals surface area contributed by atoms with Crippen LogP contribution < -0.4 is 10.0 Å². The van der Waals surface area contributed by atoms with Gasteiger partial charge in [0.05, 0.1) is 4.90 Å². The Morgan fingerprint density at radius 2 is 1.88 bits per heavy atom. The van der Waals surface area contributed by atoms with Crippen LogP contribution in [0.15, 0.2) is 53.4 Å². The fourth-order valence-electron chi connectivity index (χ4n) is 2.11. The number of benzene rings is 2. The smallest absolute Gasteiger partial charge is 0.261 e. The average molecular weight is 348 g/mol. The number of carbonyl (C=O) groups excluding carboxylic acids is 1. The largest absolute Gasteiger partial charge is 0.396 e. The molecule has 0 spiro atoms. The predicted molar refractivity (Wildman–Crippen MR) is 92.5 cm³/mol. The first-order valence-corrected chi connectivity index (χ1v) is 8.99. The topological polar surface area (TPSA) is 95.5 Å². The molecule has 0 aliphatic carbocycles. The van der Waals surface area contributed by atoms with E-state index < -0.39 is 10.0 Å². The Hall–Kier alpha value is -2.38. The molecule has 0 saturated carbocycles. The lowest BCUT2D eigenvalue weighted by Gasteiger charge is -2.10. The Morgan fingerprint density at radius 3 is 2.58 bits per heavy atom. The van der Waals surface area contributed by atoms with E-state index in [0.29, 0.717) is 18.7 Å². The fourth-order valence-corrected chi connectivity index (χ4v) is 3.21. The van der Waals surface area contributed by atoms with Crippen LogP contribution in [0.5, 0.6) is 0 Å². The van der Waals surface area contributed by atoms with Crippen molar-refractivity contribution in [3.05, 3.63) is 59.7 Å². The summed E-state index contributed by atoms with van der Waals surface area (Å²) >= 11 is 0. The Morgan fingerprint density at radius 1 is 1.12 bits per heavy atom. The minimum Gasteiger partial charge on any atom is -0.396 e. The van der Waals surface area contributed by atoms with Gasteiger partial charge in [-0.3, -0.25) is 9.52 Å². The van der Waals surface area contributed by atoms with Crippen LogP contribution in [0.25, 0.3) is 0 Å². The van der Waals surface area contributed by atoms with Crippen LogP contribution in [0.3, 0.4) is 0 Å². The highest BCUT2D eigenvalue weighted by Gasteiger charge is 2.16. The zero-order valence-corrected chi connectivity index (χ0v) is 14.1. The number of hydrogen-bond donors (Lipinski definition) is 3. The summed E-state index contributed by atoms with van der Waals surface area (Å²) in [5.74, 6) is -0.379. The Labute approximate surface area is 141 Å². The van der Waals surface area contributed by atoms with Gasteiger partial charge >= 0.3 is 0 Å². The highest BCUT2D eigenvalue weighted by atomic mass is 32.2. The minimum atomic E-state index is -3.78. The van der Waals surface area contributed by atoms with E-state index in [4.69, 9.17) is 5.11 Å². The molecule has 1 amide bonds. The number of aryl methyl sites for hydroxylation is 1. The Bertz CT molecular complexity index is 819. The number of sulfonamides is 1. The Kier molecular flexibility index (Phi) is 5.94. The van der Waals surface area contributed by atoms with Crippen molar-refractivity contribution in [2.45, 2.75) is 18.2 Å². The third-order valence-electron chi connectivity index (χ3n) is 3.30. The maximum atomic E-state index is 12.5. The number of nitrogens with one attached hydrogen (secondary N) is 2. The van der Waals surface area contributed by atoms with Gasteiger partial charge in [-0.2, -0.15) is 0 Å². The van der Waals surface area contributed by atoms with Crippen molar-refractivity contribution in [2.24, 2.45) is 0 Å². The van der Waals surface area contributed by atoms with Crippen molar-refractivity contribution in [1.82, 2.24) is 5.32 Å². The monoisotopic (exact) mass is 348 g/mol. The van der Waals surface area contributed by atoms with Crippen LogP contribution >= 0.6 is 0 Å². The quantitative estimate of drug-likeness (QED) is 0.666.